The molecule has 0 radical (unpaired) electrons. The maximum Gasteiger partial charge on any atom is 0.343 e. The van der Waals surface area contributed by atoms with Gasteiger partial charge in [-0.15, -0.1) is 0 Å². The van der Waals surface area contributed by atoms with E-state index in [0.29, 0.717) is 16.7 Å². The van der Waals surface area contributed by atoms with Crippen molar-refractivity contribution < 1.29 is 28.6 Å². The molecule has 318 valence electrons. The zero-order valence-corrected chi connectivity index (χ0v) is 36.7. The SMILES string of the molecule is CCCCCCC#CC#Cc1ccc(OC(=O)c2cc(C(=O)Oc3ccc(C#CC#CCCCCCC)cc3)cc(C(=O)Oc3ccc(C#CC#CCCCCCC)cc3)c2)cc1. The van der Waals surface area contributed by atoms with Crippen molar-refractivity contribution >= 4 is 17.9 Å². The normalized spacial score (nSPS) is 9.57. The van der Waals surface area contributed by atoms with Crippen molar-refractivity contribution in [2.24, 2.45) is 0 Å². The monoisotopic (exact) mass is 834 g/mol. The zero-order valence-electron chi connectivity index (χ0n) is 36.7. The molecule has 6 heteroatoms. The van der Waals surface area contributed by atoms with E-state index in [1.54, 1.807) is 72.8 Å². The quantitative estimate of drug-likeness (QED) is 0.0430. The molecule has 4 aromatic carbocycles. The van der Waals surface area contributed by atoms with Crippen LogP contribution in [0, 0.1) is 71.0 Å². The molecule has 0 fully saturated rings. The molecule has 0 aromatic heterocycles. The number of esters is 3. The smallest absolute Gasteiger partial charge is 0.343 e. The molecule has 0 saturated heterocycles. The first-order valence-electron chi connectivity index (χ1n) is 22.0. The maximum absolute atomic E-state index is 13.5. The molecule has 0 unspecified atom stereocenters. The van der Waals surface area contributed by atoms with Gasteiger partial charge in [0.15, 0.2) is 0 Å². The van der Waals surface area contributed by atoms with E-state index in [2.05, 4.69) is 91.8 Å². The van der Waals surface area contributed by atoms with Crippen LogP contribution >= 0.6 is 0 Å². The van der Waals surface area contributed by atoms with Gasteiger partial charge in [0.25, 0.3) is 0 Å². The fourth-order valence-corrected chi connectivity index (χ4v) is 5.85. The standard InChI is InChI=1S/C57H54O6/c1-4-7-10-13-16-19-22-25-28-46-31-37-52(38-32-46)61-55(58)49-43-50(56(59)62-53-39-33-47(34-40-53)29-26-23-20-17-14-11-8-5-2)45-51(44-49)57(60)63-54-41-35-48(36-42-54)30-27-24-21-18-15-12-9-6-3/h31-45H,4-18H2,1-3H3. The summed E-state index contributed by atoms with van der Waals surface area (Å²) in [5.41, 5.74) is 1.91. The minimum atomic E-state index is -0.801. The van der Waals surface area contributed by atoms with Gasteiger partial charge in [-0.05, 0) is 146 Å². The molecule has 0 amide bonds. The highest BCUT2D eigenvalue weighted by molar-refractivity contribution is 6.01. The van der Waals surface area contributed by atoms with Gasteiger partial charge in [0, 0.05) is 36.0 Å². The summed E-state index contributed by atoms with van der Waals surface area (Å²) in [7, 11) is 0. The number of benzene rings is 4. The van der Waals surface area contributed by atoms with Gasteiger partial charge in [0.05, 0.1) is 16.7 Å². The van der Waals surface area contributed by atoms with Gasteiger partial charge >= 0.3 is 17.9 Å². The molecular formula is C57H54O6. The van der Waals surface area contributed by atoms with E-state index in [4.69, 9.17) is 14.2 Å². The number of unbranched alkanes of at least 4 members (excludes halogenated alkanes) is 12. The molecule has 0 bridgehead atoms. The highest BCUT2D eigenvalue weighted by atomic mass is 16.5. The number of carbonyl (C=O) groups is 3. The van der Waals surface area contributed by atoms with Crippen molar-refractivity contribution in [2.75, 3.05) is 0 Å². The van der Waals surface area contributed by atoms with Crippen molar-refractivity contribution in [3.63, 3.8) is 0 Å². The van der Waals surface area contributed by atoms with Gasteiger partial charge < -0.3 is 14.2 Å². The number of hydrogen-bond acceptors (Lipinski definition) is 6. The minimum Gasteiger partial charge on any atom is -0.423 e. The second-order valence-electron chi connectivity index (χ2n) is 14.6. The van der Waals surface area contributed by atoms with Crippen LogP contribution in [0.2, 0.25) is 0 Å². The van der Waals surface area contributed by atoms with Crippen LogP contribution in [0.25, 0.3) is 0 Å². The predicted octanol–water partition coefficient (Wildman–Crippen LogP) is 12.3. The van der Waals surface area contributed by atoms with Gasteiger partial charge in [0.2, 0.25) is 0 Å². The van der Waals surface area contributed by atoms with Crippen molar-refractivity contribution in [3.05, 3.63) is 124 Å². The average molecular weight is 835 g/mol. The van der Waals surface area contributed by atoms with Crippen molar-refractivity contribution in [1.82, 2.24) is 0 Å². The topological polar surface area (TPSA) is 78.9 Å². The summed E-state index contributed by atoms with van der Waals surface area (Å²) in [4.78, 5) is 40.6. The first kappa shape index (κ1) is 48.3. The Balaban J connectivity index is 1.48. The largest absolute Gasteiger partial charge is 0.423 e. The summed E-state index contributed by atoms with van der Waals surface area (Å²) >= 11 is 0. The third-order valence-corrected chi connectivity index (χ3v) is 9.37. The van der Waals surface area contributed by atoms with E-state index in [9.17, 15) is 14.4 Å². The maximum atomic E-state index is 13.5. The first-order valence-corrected chi connectivity index (χ1v) is 22.0. The van der Waals surface area contributed by atoms with Crippen LogP contribution in [-0.4, -0.2) is 17.9 Å². The van der Waals surface area contributed by atoms with Crippen molar-refractivity contribution in [1.29, 1.82) is 0 Å². The lowest BCUT2D eigenvalue weighted by Gasteiger charge is -2.10. The fraction of sp³-hybridized carbons (Fsp3) is 0.316. The molecule has 63 heavy (non-hydrogen) atoms. The molecule has 4 rings (SSSR count). The lowest BCUT2D eigenvalue weighted by Crippen LogP contribution is -2.16. The first-order chi connectivity index (χ1) is 30.9. The molecule has 0 aliphatic heterocycles. The predicted molar refractivity (Wildman–Crippen MR) is 251 cm³/mol. The second-order valence-corrected chi connectivity index (χ2v) is 14.6. The van der Waals surface area contributed by atoms with E-state index in [-0.39, 0.29) is 33.9 Å². The number of ether oxygens (including phenoxy) is 3. The molecule has 0 aliphatic carbocycles. The van der Waals surface area contributed by atoms with Gasteiger partial charge in [-0.1, -0.05) is 114 Å². The molecule has 6 nitrogen and oxygen atoms in total. The molecular weight excluding hydrogens is 781 g/mol. The third kappa shape index (κ3) is 19.3. The van der Waals surface area contributed by atoms with Gasteiger partial charge in [0.1, 0.15) is 17.2 Å². The summed E-state index contributed by atoms with van der Waals surface area (Å²) in [5, 5.41) is 0. The molecule has 0 N–H and O–H groups in total. The Morgan fingerprint density at radius 2 is 0.635 bits per heavy atom. The summed E-state index contributed by atoms with van der Waals surface area (Å²) in [6.07, 6.45) is 16.3. The summed E-state index contributed by atoms with van der Waals surface area (Å²) in [6, 6.07) is 23.9. The van der Waals surface area contributed by atoms with Crippen LogP contribution in [0.1, 0.15) is 165 Å². The lowest BCUT2D eigenvalue weighted by molar-refractivity contribution is 0.0734. The Kier molecular flexibility index (Phi) is 22.2. The second kappa shape index (κ2) is 29.0. The van der Waals surface area contributed by atoms with Crippen LogP contribution in [0.5, 0.6) is 17.2 Å². The van der Waals surface area contributed by atoms with Crippen LogP contribution in [0.15, 0.2) is 91.0 Å². The van der Waals surface area contributed by atoms with E-state index >= 15 is 0 Å². The Morgan fingerprint density at radius 3 is 0.889 bits per heavy atom. The van der Waals surface area contributed by atoms with E-state index in [1.165, 1.54) is 76.0 Å². The van der Waals surface area contributed by atoms with Gasteiger partial charge in [-0.2, -0.15) is 0 Å². The molecule has 0 spiro atoms. The highest BCUT2D eigenvalue weighted by Crippen LogP contribution is 2.21. The van der Waals surface area contributed by atoms with Crippen LogP contribution < -0.4 is 14.2 Å². The van der Waals surface area contributed by atoms with E-state index in [0.717, 1.165) is 38.5 Å². The molecule has 0 heterocycles. The lowest BCUT2D eigenvalue weighted by atomic mass is 10.1. The van der Waals surface area contributed by atoms with E-state index < -0.39 is 17.9 Å². The minimum absolute atomic E-state index is 0.0660. The van der Waals surface area contributed by atoms with Crippen molar-refractivity contribution in [2.45, 2.75) is 117 Å². The van der Waals surface area contributed by atoms with Crippen LogP contribution in [0.4, 0.5) is 0 Å². The Hall–Kier alpha value is -7.35. The Labute approximate surface area is 374 Å². The third-order valence-electron chi connectivity index (χ3n) is 9.37. The average Bonchev–Trinajstić information content (AvgIpc) is 3.30. The number of carbonyl (C=O) groups excluding carboxylic acids is 3. The molecule has 0 aliphatic rings. The molecule has 0 saturated carbocycles. The Bertz CT molecular complexity index is 2210. The number of rotatable bonds is 18. The van der Waals surface area contributed by atoms with E-state index in [1.807, 2.05) is 0 Å². The highest BCUT2D eigenvalue weighted by Gasteiger charge is 2.20. The zero-order chi connectivity index (χ0) is 44.7. The summed E-state index contributed by atoms with van der Waals surface area (Å²) < 4.78 is 17.0. The fourth-order valence-electron chi connectivity index (χ4n) is 5.85. The van der Waals surface area contributed by atoms with Crippen LogP contribution in [-0.2, 0) is 0 Å². The van der Waals surface area contributed by atoms with Crippen LogP contribution in [0.3, 0.4) is 0 Å². The van der Waals surface area contributed by atoms with Crippen molar-refractivity contribution in [3.8, 4) is 88.3 Å². The summed E-state index contributed by atoms with van der Waals surface area (Å²) in [5.74, 6) is 33.8. The molecule has 0 atom stereocenters. The summed E-state index contributed by atoms with van der Waals surface area (Å²) in [6.45, 7) is 6.53. The number of hydrogen-bond donors (Lipinski definition) is 0. The Morgan fingerprint density at radius 1 is 0.365 bits per heavy atom. The van der Waals surface area contributed by atoms with Gasteiger partial charge in [-0.3, -0.25) is 0 Å². The molecule has 4 aromatic rings. The van der Waals surface area contributed by atoms with Gasteiger partial charge in [-0.25, -0.2) is 14.4 Å².